The lowest BCUT2D eigenvalue weighted by Gasteiger charge is -2.13. The van der Waals surface area contributed by atoms with Gasteiger partial charge in [0.15, 0.2) is 0 Å². The summed E-state index contributed by atoms with van der Waals surface area (Å²) in [6, 6.07) is 14.2. The molecule has 0 atom stereocenters. The van der Waals surface area contributed by atoms with Gasteiger partial charge in [0, 0.05) is 22.6 Å². The molecule has 0 aliphatic heterocycles. The number of benzene rings is 2. The van der Waals surface area contributed by atoms with Crippen LogP contribution in [0, 0.1) is 20.8 Å². The molecule has 29 heavy (non-hydrogen) atoms. The minimum absolute atomic E-state index is 0.303. The molecule has 0 unspecified atom stereocenters. The molecule has 0 aliphatic rings. The number of fused-ring (bicyclic) bond motifs is 2. The molecule has 2 aromatic heterocycles. The molecule has 0 amide bonds. The van der Waals surface area contributed by atoms with Crippen molar-refractivity contribution in [1.82, 2.24) is 4.98 Å². The van der Waals surface area contributed by atoms with Gasteiger partial charge in [0.2, 0.25) is 0 Å². The van der Waals surface area contributed by atoms with Crippen molar-refractivity contribution in [2.24, 2.45) is 0 Å². The van der Waals surface area contributed by atoms with Gasteiger partial charge in [-0.05, 0) is 72.7 Å². The van der Waals surface area contributed by atoms with Crippen LogP contribution in [-0.4, -0.2) is 4.98 Å². The maximum absolute atomic E-state index is 12.1. The molecule has 0 spiro atoms. The second-order valence-electron chi connectivity index (χ2n) is 7.99. The van der Waals surface area contributed by atoms with Crippen molar-refractivity contribution in [3.05, 3.63) is 80.7 Å². The largest absolute Gasteiger partial charge is 0.423 e. The monoisotopic (exact) mass is 403 g/mol. The van der Waals surface area contributed by atoms with Crippen LogP contribution < -0.4 is 5.63 Å². The highest BCUT2D eigenvalue weighted by atomic mass is 32.2. The zero-order valence-electron chi connectivity index (χ0n) is 17.5. The topological polar surface area (TPSA) is 43.1 Å². The number of aryl methyl sites for hydroxylation is 3. The maximum Gasteiger partial charge on any atom is 0.336 e. The molecular weight excluding hydrogens is 378 g/mol. The van der Waals surface area contributed by atoms with E-state index in [1.165, 1.54) is 22.1 Å². The highest BCUT2D eigenvalue weighted by molar-refractivity contribution is 7.98. The summed E-state index contributed by atoms with van der Waals surface area (Å²) in [6.07, 6.45) is 0. The van der Waals surface area contributed by atoms with Crippen molar-refractivity contribution in [3.63, 3.8) is 0 Å². The summed E-state index contributed by atoms with van der Waals surface area (Å²) in [7, 11) is 0. The number of pyridine rings is 1. The van der Waals surface area contributed by atoms with E-state index < -0.39 is 0 Å². The van der Waals surface area contributed by atoms with Crippen molar-refractivity contribution in [3.8, 4) is 0 Å². The smallest absolute Gasteiger partial charge is 0.336 e. The highest BCUT2D eigenvalue weighted by Gasteiger charge is 2.13. The Morgan fingerprint density at radius 3 is 2.52 bits per heavy atom. The van der Waals surface area contributed by atoms with Gasteiger partial charge < -0.3 is 4.42 Å². The van der Waals surface area contributed by atoms with Gasteiger partial charge in [-0.15, -0.1) is 11.8 Å². The maximum atomic E-state index is 12.1. The number of nitrogens with zero attached hydrogens (tertiary/aromatic N) is 1. The number of hydrogen-bond acceptors (Lipinski definition) is 4. The third-order valence-electron chi connectivity index (χ3n) is 5.44. The average Bonchev–Trinajstić information content (AvgIpc) is 2.66. The highest BCUT2D eigenvalue weighted by Crippen LogP contribution is 2.31. The second kappa shape index (κ2) is 7.68. The van der Waals surface area contributed by atoms with E-state index in [0.29, 0.717) is 17.3 Å². The van der Waals surface area contributed by atoms with Crippen molar-refractivity contribution < 1.29 is 4.42 Å². The number of para-hydroxylation sites is 1. The predicted octanol–water partition coefficient (Wildman–Crippen LogP) is 6.68. The molecular formula is C25H25NO2S. The summed E-state index contributed by atoms with van der Waals surface area (Å²) in [5, 5.41) is 3.18. The number of thioether (sulfide) groups is 1. The second-order valence-corrected chi connectivity index (χ2v) is 8.98. The zero-order chi connectivity index (χ0) is 20.7. The van der Waals surface area contributed by atoms with Gasteiger partial charge in [0.05, 0.1) is 10.5 Å². The molecule has 4 rings (SSSR count). The van der Waals surface area contributed by atoms with Gasteiger partial charge in [-0.25, -0.2) is 9.78 Å². The summed E-state index contributed by atoms with van der Waals surface area (Å²) in [5.74, 6) is 1.09. The summed E-state index contributed by atoms with van der Waals surface area (Å²) in [4.78, 5) is 17.0. The molecule has 3 nitrogen and oxygen atoms in total. The Bertz CT molecular complexity index is 1290. The Kier molecular flexibility index (Phi) is 5.22. The van der Waals surface area contributed by atoms with Crippen molar-refractivity contribution in [2.45, 2.75) is 51.3 Å². The first-order valence-corrected chi connectivity index (χ1v) is 10.9. The molecule has 2 aromatic carbocycles. The van der Waals surface area contributed by atoms with Gasteiger partial charge >= 0.3 is 5.63 Å². The summed E-state index contributed by atoms with van der Waals surface area (Å²) >= 11 is 1.66. The number of aromatic nitrogens is 1. The van der Waals surface area contributed by atoms with E-state index in [-0.39, 0.29) is 5.63 Å². The standard InChI is InChI=1S/C25H25NO2S/c1-14(2)20-12-21-18(11-24(27)28-22(21)9-16(20)4)13-29-23-10-17(5)19-8-6-7-15(3)25(19)26-23/h6-12,14H,13H2,1-5H3. The molecule has 148 valence electrons. The van der Waals surface area contributed by atoms with E-state index in [0.717, 1.165) is 27.1 Å². The first-order valence-electron chi connectivity index (χ1n) is 9.90. The zero-order valence-corrected chi connectivity index (χ0v) is 18.3. The molecule has 0 saturated heterocycles. The first kappa shape index (κ1) is 19.7. The van der Waals surface area contributed by atoms with Crippen LogP contribution in [0.15, 0.2) is 56.7 Å². The average molecular weight is 404 g/mol. The fourth-order valence-corrected chi connectivity index (χ4v) is 4.85. The SMILES string of the molecule is Cc1cc2oc(=O)cc(CSc3cc(C)c4cccc(C)c4n3)c2cc1C(C)C. The number of rotatable bonds is 4. The fraction of sp³-hybridized carbons (Fsp3) is 0.280. The van der Waals surface area contributed by atoms with E-state index in [2.05, 4.69) is 65.0 Å². The third-order valence-corrected chi connectivity index (χ3v) is 6.40. The Morgan fingerprint density at radius 1 is 0.966 bits per heavy atom. The summed E-state index contributed by atoms with van der Waals surface area (Å²) < 4.78 is 5.48. The molecule has 4 aromatic rings. The Labute approximate surface area is 175 Å². The first-order chi connectivity index (χ1) is 13.8. The fourth-order valence-electron chi connectivity index (χ4n) is 3.89. The Balaban J connectivity index is 1.75. The molecule has 0 bridgehead atoms. The lowest BCUT2D eigenvalue weighted by Crippen LogP contribution is -2.02. The van der Waals surface area contributed by atoms with Crippen LogP contribution in [0.1, 0.15) is 47.6 Å². The van der Waals surface area contributed by atoms with Crippen molar-refractivity contribution >= 4 is 33.6 Å². The van der Waals surface area contributed by atoms with E-state index in [1.54, 1.807) is 17.8 Å². The summed E-state index contributed by atoms with van der Waals surface area (Å²) in [5.41, 5.74) is 7.23. The molecule has 0 saturated carbocycles. The normalized spacial score (nSPS) is 11.7. The molecule has 0 aliphatic carbocycles. The number of hydrogen-bond donors (Lipinski definition) is 0. The van der Waals surface area contributed by atoms with Gasteiger partial charge in [0.25, 0.3) is 0 Å². The van der Waals surface area contributed by atoms with Crippen LogP contribution in [0.25, 0.3) is 21.9 Å². The molecule has 4 heteroatoms. The van der Waals surface area contributed by atoms with Crippen molar-refractivity contribution in [2.75, 3.05) is 0 Å². The molecule has 0 fully saturated rings. The van der Waals surface area contributed by atoms with Crippen LogP contribution >= 0.6 is 11.8 Å². The van der Waals surface area contributed by atoms with Crippen LogP contribution in [-0.2, 0) is 5.75 Å². The van der Waals surface area contributed by atoms with E-state index >= 15 is 0 Å². The van der Waals surface area contributed by atoms with Crippen molar-refractivity contribution in [1.29, 1.82) is 0 Å². The van der Waals surface area contributed by atoms with Gasteiger partial charge in [-0.1, -0.05) is 32.0 Å². The quantitative estimate of drug-likeness (QED) is 0.281. The third kappa shape index (κ3) is 3.82. The minimum Gasteiger partial charge on any atom is -0.423 e. The van der Waals surface area contributed by atoms with Gasteiger partial charge in [-0.2, -0.15) is 0 Å². The van der Waals surface area contributed by atoms with Crippen LogP contribution in [0.3, 0.4) is 0 Å². The van der Waals surface area contributed by atoms with E-state index in [9.17, 15) is 4.79 Å². The van der Waals surface area contributed by atoms with Crippen LogP contribution in [0.5, 0.6) is 0 Å². The van der Waals surface area contributed by atoms with E-state index in [1.807, 2.05) is 6.07 Å². The summed E-state index contributed by atoms with van der Waals surface area (Å²) in [6.45, 7) is 10.7. The predicted molar refractivity (Wildman–Crippen MR) is 122 cm³/mol. The molecule has 0 radical (unpaired) electrons. The van der Waals surface area contributed by atoms with Gasteiger partial charge in [-0.3, -0.25) is 0 Å². The van der Waals surface area contributed by atoms with Crippen LogP contribution in [0.2, 0.25) is 0 Å². The minimum atomic E-state index is -0.303. The molecule has 0 N–H and O–H groups in total. The van der Waals surface area contributed by atoms with Gasteiger partial charge in [0.1, 0.15) is 5.58 Å². The lowest BCUT2D eigenvalue weighted by atomic mass is 9.95. The Hall–Kier alpha value is -2.59. The lowest BCUT2D eigenvalue weighted by molar-refractivity contribution is 0.559. The van der Waals surface area contributed by atoms with Crippen LogP contribution in [0.4, 0.5) is 0 Å². The molecule has 2 heterocycles. The Morgan fingerprint density at radius 2 is 1.76 bits per heavy atom. The van der Waals surface area contributed by atoms with E-state index in [4.69, 9.17) is 9.40 Å².